The van der Waals surface area contributed by atoms with Gasteiger partial charge in [-0.05, 0) is 94.9 Å². The van der Waals surface area contributed by atoms with Crippen molar-refractivity contribution in [2.45, 2.75) is 19.9 Å². The van der Waals surface area contributed by atoms with Crippen LogP contribution in [0.2, 0.25) is 0 Å². The summed E-state index contributed by atoms with van der Waals surface area (Å²) >= 11 is 5.79. The van der Waals surface area contributed by atoms with Gasteiger partial charge >= 0.3 is 5.97 Å². The maximum absolute atomic E-state index is 14.2. The van der Waals surface area contributed by atoms with Crippen LogP contribution in [0.15, 0.2) is 82.1 Å². The third-order valence-corrected chi connectivity index (χ3v) is 8.82. The Kier molecular flexibility index (Phi) is 9.29. The number of thiazole rings is 1. The van der Waals surface area contributed by atoms with Crippen molar-refractivity contribution in [3.05, 3.63) is 116 Å². The third-order valence-electron chi connectivity index (χ3n) is 6.42. The fourth-order valence-electron chi connectivity index (χ4n) is 4.67. The molecular formula is C31H26I2N2O5S. The number of benzene rings is 3. The Morgan fingerprint density at radius 2 is 1.78 bits per heavy atom. The van der Waals surface area contributed by atoms with E-state index in [0.29, 0.717) is 33.0 Å². The summed E-state index contributed by atoms with van der Waals surface area (Å²) < 4.78 is 20.9. The molecule has 1 aliphatic rings. The van der Waals surface area contributed by atoms with Crippen LogP contribution in [0.25, 0.3) is 11.8 Å². The molecule has 0 saturated heterocycles. The molecule has 4 aromatic rings. The number of nitrogens with zero attached hydrogens (tertiary/aromatic N) is 2. The lowest BCUT2D eigenvalue weighted by atomic mass is 9.93. The summed E-state index contributed by atoms with van der Waals surface area (Å²) in [6, 6.07) is 20.1. The van der Waals surface area contributed by atoms with Crippen LogP contribution in [0.4, 0.5) is 0 Å². The van der Waals surface area contributed by atoms with Crippen LogP contribution >= 0.6 is 56.5 Å². The normalized spacial score (nSPS) is 14.9. The molecule has 0 spiro atoms. The molecule has 2 heterocycles. The van der Waals surface area contributed by atoms with Crippen molar-refractivity contribution in [3.63, 3.8) is 0 Å². The summed E-state index contributed by atoms with van der Waals surface area (Å²) in [6.45, 7) is 4.38. The first kappa shape index (κ1) is 29.5. The quantitative estimate of drug-likeness (QED) is 0.173. The number of carbonyl (C=O) groups is 1. The monoisotopic (exact) mass is 792 g/mol. The summed E-state index contributed by atoms with van der Waals surface area (Å²) in [5.74, 6) is 0.877. The van der Waals surface area contributed by atoms with Crippen LogP contribution in [0.1, 0.15) is 36.6 Å². The van der Waals surface area contributed by atoms with Gasteiger partial charge in [-0.25, -0.2) is 9.79 Å². The van der Waals surface area contributed by atoms with Gasteiger partial charge in [-0.1, -0.05) is 53.8 Å². The van der Waals surface area contributed by atoms with E-state index in [-0.39, 0.29) is 12.2 Å². The van der Waals surface area contributed by atoms with Gasteiger partial charge in [0.2, 0.25) is 0 Å². The van der Waals surface area contributed by atoms with Crippen LogP contribution in [0.3, 0.4) is 0 Å². The number of halogens is 2. The number of aromatic nitrogens is 1. The minimum absolute atomic E-state index is 0.190. The largest absolute Gasteiger partial charge is 0.497 e. The lowest BCUT2D eigenvalue weighted by Crippen LogP contribution is -2.40. The van der Waals surface area contributed by atoms with E-state index in [1.165, 1.54) is 11.3 Å². The topological polar surface area (TPSA) is 79.1 Å². The highest BCUT2D eigenvalue weighted by Gasteiger charge is 2.35. The minimum atomic E-state index is -0.754. The van der Waals surface area contributed by atoms with Crippen molar-refractivity contribution in [2.75, 3.05) is 20.3 Å². The zero-order valence-corrected chi connectivity index (χ0v) is 27.7. The molecule has 1 aliphatic heterocycles. The van der Waals surface area contributed by atoms with E-state index < -0.39 is 12.0 Å². The molecule has 0 saturated carbocycles. The van der Waals surface area contributed by atoms with E-state index >= 15 is 0 Å². The number of rotatable bonds is 8. The zero-order chi connectivity index (χ0) is 29.1. The second kappa shape index (κ2) is 12.9. The lowest BCUT2D eigenvalue weighted by molar-refractivity contribution is -0.138. The number of fused-ring (bicyclic) bond motifs is 1. The Labute approximate surface area is 268 Å². The van der Waals surface area contributed by atoms with Crippen molar-refractivity contribution in [1.82, 2.24) is 4.57 Å². The van der Waals surface area contributed by atoms with Gasteiger partial charge in [0.05, 0.1) is 45.7 Å². The Hall–Kier alpha value is -2.97. The molecule has 41 heavy (non-hydrogen) atoms. The van der Waals surface area contributed by atoms with Crippen LogP contribution in [0, 0.1) is 7.14 Å². The molecule has 5 rings (SSSR count). The van der Waals surface area contributed by atoms with Gasteiger partial charge in [0.1, 0.15) is 11.5 Å². The van der Waals surface area contributed by atoms with Crippen molar-refractivity contribution in [3.8, 4) is 11.5 Å². The van der Waals surface area contributed by atoms with Gasteiger partial charge in [-0.15, -0.1) is 0 Å². The molecule has 1 aromatic heterocycles. The van der Waals surface area contributed by atoms with Gasteiger partial charge in [0.15, 0.2) is 4.80 Å². The van der Waals surface area contributed by atoms with Crippen molar-refractivity contribution < 1.29 is 19.0 Å². The molecular weight excluding hydrogens is 766 g/mol. The Bertz CT molecular complexity index is 1810. The molecule has 210 valence electrons. The summed E-state index contributed by atoms with van der Waals surface area (Å²) in [6.07, 6.45) is 1.85. The van der Waals surface area contributed by atoms with Gasteiger partial charge in [0.25, 0.3) is 5.56 Å². The molecule has 1 atom stereocenters. The van der Waals surface area contributed by atoms with E-state index in [2.05, 4.69) is 45.2 Å². The maximum atomic E-state index is 14.2. The fraction of sp³-hybridized carbons (Fsp3) is 0.194. The molecule has 0 fully saturated rings. The molecule has 0 amide bonds. The molecule has 0 bridgehead atoms. The Morgan fingerprint density at radius 3 is 2.44 bits per heavy atom. The predicted octanol–water partition coefficient (Wildman–Crippen LogP) is 5.55. The number of esters is 1. The van der Waals surface area contributed by atoms with E-state index in [0.717, 1.165) is 29.6 Å². The van der Waals surface area contributed by atoms with Crippen LogP contribution in [0.5, 0.6) is 11.5 Å². The zero-order valence-electron chi connectivity index (χ0n) is 22.5. The van der Waals surface area contributed by atoms with Crippen molar-refractivity contribution in [1.29, 1.82) is 0 Å². The van der Waals surface area contributed by atoms with Crippen LogP contribution in [-0.4, -0.2) is 30.9 Å². The number of carbonyl (C=O) groups excluding carboxylic acids is 1. The Morgan fingerprint density at radius 1 is 1.05 bits per heavy atom. The second-order valence-corrected chi connectivity index (χ2v) is 12.4. The van der Waals surface area contributed by atoms with Crippen molar-refractivity contribution in [2.24, 2.45) is 4.99 Å². The SMILES string of the molecule is CCOC(=O)C1=C(c2ccccc2)N=c2s/c(=C\c3cc(I)cc(I)c3OCC)c(=O)n2[C@@H]1c1ccc(OC)cc1. The summed E-state index contributed by atoms with van der Waals surface area (Å²) in [5, 5.41) is 0. The molecule has 0 radical (unpaired) electrons. The summed E-state index contributed by atoms with van der Waals surface area (Å²) in [4.78, 5) is 33.2. The first-order valence-corrected chi connectivity index (χ1v) is 15.9. The summed E-state index contributed by atoms with van der Waals surface area (Å²) in [5.41, 5.74) is 2.85. The molecule has 7 nitrogen and oxygen atoms in total. The van der Waals surface area contributed by atoms with Crippen LogP contribution in [-0.2, 0) is 9.53 Å². The number of ether oxygens (including phenoxy) is 3. The number of methoxy groups -OCH3 is 1. The standard InChI is InChI=1S/C31H26I2N2O5S/c1-4-39-28-20(15-21(32)17-23(28)33)16-24-29(36)35-27(19-11-13-22(38-3)14-12-19)25(30(37)40-5-2)26(34-31(35)41-24)18-9-7-6-8-10-18/h6-17,27H,4-5H2,1-3H3/b24-16-/t27-/m1/s1. The minimum Gasteiger partial charge on any atom is -0.497 e. The molecule has 0 unspecified atom stereocenters. The van der Waals surface area contributed by atoms with E-state index in [1.807, 2.05) is 79.7 Å². The average molecular weight is 792 g/mol. The first-order chi connectivity index (χ1) is 19.9. The number of hydrogen-bond acceptors (Lipinski definition) is 7. The highest BCUT2D eigenvalue weighted by molar-refractivity contribution is 14.1. The molecule has 0 aliphatic carbocycles. The van der Waals surface area contributed by atoms with Gasteiger partial charge < -0.3 is 14.2 Å². The van der Waals surface area contributed by atoms with Gasteiger partial charge in [-0.3, -0.25) is 9.36 Å². The maximum Gasteiger partial charge on any atom is 0.338 e. The highest BCUT2D eigenvalue weighted by Crippen LogP contribution is 2.36. The third kappa shape index (κ3) is 6.00. The summed E-state index contributed by atoms with van der Waals surface area (Å²) in [7, 11) is 1.60. The molecule has 3 aromatic carbocycles. The Balaban J connectivity index is 1.83. The number of hydrogen-bond donors (Lipinski definition) is 0. The van der Waals surface area contributed by atoms with Crippen molar-refractivity contribution >= 4 is 74.3 Å². The lowest BCUT2D eigenvalue weighted by Gasteiger charge is -2.26. The van der Waals surface area contributed by atoms with Crippen LogP contribution < -0.4 is 24.4 Å². The van der Waals surface area contributed by atoms with E-state index in [4.69, 9.17) is 19.2 Å². The molecule has 10 heteroatoms. The fourth-order valence-corrected chi connectivity index (χ4v) is 7.70. The van der Waals surface area contributed by atoms with Gasteiger partial charge in [0, 0.05) is 14.7 Å². The smallest absolute Gasteiger partial charge is 0.338 e. The van der Waals surface area contributed by atoms with E-state index in [9.17, 15) is 9.59 Å². The average Bonchev–Trinajstić information content (AvgIpc) is 3.28. The molecule has 0 N–H and O–H groups in total. The predicted molar refractivity (Wildman–Crippen MR) is 177 cm³/mol. The first-order valence-electron chi connectivity index (χ1n) is 12.9. The van der Waals surface area contributed by atoms with Gasteiger partial charge in [-0.2, -0.15) is 0 Å². The highest BCUT2D eigenvalue weighted by atomic mass is 127. The second-order valence-electron chi connectivity index (χ2n) is 8.94. The van der Waals surface area contributed by atoms with E-state index in [1.54, 1.807) is 18.6 Å².